The Morgan fingerprint density at radius 1 is 1.00 bits per heavy atom. The first-order valence-corrected chi connectivity index (χ1v) is 11.7. The number of thiazole rings is 1. The second kappa shape index (κ2) is 10.2. The van der Waals surface area contributed by atoms with Gasteiger partial charge in [0, 0.05) is 36.8 Å². The van der Waals surface area contributed by atoms with Crippen molar-refractivity contribution >= 4 is 34.8 Å². The first kappa shape index (κ1) is 23.1. The molecule has 0 spiro atoms. The van der Waals surface area contributed by atoms with Gasteiger partial charge in [0.1, 0.15) is 28.0 Å². The van der Waals surface area contributed by atoms with Gasteiger partial charge in [-0.1, -0.05) is 17.7 Å². The van der Waals surface area contributed by atoms with Crippen molar-refractivity contribution < 1.29 is 19.1 Å². The summed E-state index contributed by atoms with van der Waals surface area (Å²) in [5.41, 5.74) is 1.27. The molecule has 2 heterocycles. The number of aryl methyl sites for hydroxylation is 1. The molecule has 2 amide bonds. The Bertz CT molecular complexity index is 1140. The molecule has 4 rings (SSSR count). The van der Waals surface area contributed by atoms with Gasteiger partial charge in [-0.25, -0.2) is 4.98 Å². The zero-order valence-corrected chi connectivity index (χ0v) is 20.0. The van der Waals surface area contributed by atoms with Crippen molar-refractivity contribution in [3.8, 4) is 11.5 Å². The number of rotatable bonds is 6. The van der Waals surface area contributed by atoms with Gasteiger partial charge in [-0.15, -0.1) is 11.3 Å². The summed E-state index contributed by atoms with van der Waals surface area (Å²) in [6.07, 6.45) is 0. The number of amides is 2. The molecule has 33 heavy (non-hydrogen) atoms. The lowest BCUT2D eigenvalue weighted by Gasteiger charge is -2.34. The molecule has 1 fully saturated rings. The van der Waals surface area contributed by atoms with Crippen LogP contribution in [0, 0.1) is 6.92 Å². The number of ether oxygens (including phenoxy) is 2. The molecule has 1 saturated heterocycles. The summed E-state index contributed by atoms with van der Waals surface area (Å²) >= 11 is 7.24. The van der Waals surface area contributed by atoms with Crippen LogP contribution in [0.2, 0.25) is 5.02 Å². The minimum Gasteiger partial charge on any atom is -0.497 e. The van der Waals surface area contributed by atoms with E-state index in [9.17, 15) is 9.59 Å². The number of hydrogen-bond acceptors (Lipinski definition) is 6. The van der Waals surface area contributed by atoms with E-state index >= 15 is 0 Å². The average Bonchev–Trinajstić information content (AvgIpc) is 3.23. The highest BCUT2D eigenvalue weighted by Gasteiger charge is 2.28. The third-order valence-corrected chi connectivity index (χ3v) is 6.75. The maximum Gasteiger partial charge on any atom is 0.265 e. The van der Waals surface area contributed by atoms with E-state index < -0.39 is 0 Å². The summed E-state index contributed by atoms with van der Waals surface area (Å²) < 4.78 is 11.0. The van der Waals surface area contributed by atoms with E-state index in [0.717, 1.165) is 5.01 Å². The Morgan fingerprint density at radius 2 is 1.67 bits per heavy atom. The van der Waals surface area contributed by atoms with E-state index in [1.807, 2.05) is 6.92 Å². The molecule has 7 nitrogen and oxygen atoms in total. The third kappa shape index (κ3) is 5.46. The SMILES string of the molecule is COc1cccc(C(=O)N2CCN(C(=O)c3sc(COc4ccc(Cl)cc4)nc3C)CC2)c1. The first-order valence-electron chi connectivity index (χ1n) is 10.5. The topological polar surface area (TPSA) is 72.0 Å². The third-order valence-electron chi connectivity index (χ3n) is 5.38. The smallest absolute Gasteiger partial charge is 0.265 e. The van der Waals surface area contributed by atoms with Gasteiger partial charge in [0.15, 0.2) is 0 Å². The van der Waals surface area contributed by atoms with Gasteiger partial charge in [0.05, 0.1) is 12.8 Å². The quantitative estimate of drug-likeness (QED) is 0.520. The van der Waals surface area contributed by atoms with Crippen molar-refractivity contribution in [3.05, 3.63) is 74.7 Å². The summed E-state index contributed by atoms with van der Waals surface area (Å²) in [7, 11) is 1.57. The van der Waals surface area contributed by atoms with Crippen LogP contribution in [0.25, 0.3) is 0 Å². The molecule has 1 aromatic heterocycles. The van der Waals surface area contributed by atoms with Crippen molar-refractivity contribution in [3.63, 3.8) is 0 Å². The largest absolute Gasteiger partial charge is 0.497 e. The van der Waals surface area contributed by atoms with Gasteiger partial charge >= 0.3 is 0 Å². The van der Waals surface area contributed by atoms with Crippen LogP contribution in [0.1, 0.15) is 30.7 Å². The number of nitrogens with zero attached hydrogens (tertiary/aromatic N) is 3. The molecule has 0 aliphatic carbocycles. The fraction of sp³-hybridized carbons (Fsp3) is 0.292. The van der Waals surface area contributed by atoms with Crippen LogP contribution in [-0.2, 0) is 6.61 Å². The summed E-state index contributed by atoms with van der Waals surface area (Å²) in [6.45, 7) is 4.02. The van der Waals surface area contributed by atoms with Crippen LogP contribution in [0.15, 0.2) is 48.5 Å². The Balaban J connectivity index is 1.34. The molecule has 0 atom stereocenters. The number of carbonyl (C=O) groups excluding carboxylic acids is 2. The van der Waals surface area contributed by atoms with Gasteiger partial charge in [-0.3, -0.25) is 9.59 Å². The van der Waals surface area contributed by atoms with E-state index in [4.69, 9.17) is 21.1 Å². The Morgan fingerprint density at radius 3 is 2.33 bits per heavy atom. The van der Waals surface area contributed by atoms with Gasteiger partial charge < -0.3 is 19.3 Å². The average molecular weight is 486 g/mol. The van der Waals surface area contributed by atoms with Crippen LogP contribution in [0.4, 0.5) is 0 Å². The number of aromatic nitrogens is 1. The maximum absolute atomic E-state index is 13.1. The summed E-state index contributed by atoms with van der Waals surface area (Å²) in [4.78, 5) is 34.6. The van der Waals surface area contributed by atoms with Crippen molar-refractivity contribution in [1.29, 1.82) is 0 Å². The van der Waals surface area contributed by atoms with Crippen molar-refractivity contribution in [1.82, 2.24) is 14.8 Å². The van der Waals surface area contributed by atoms with Gasteiger partial charge in [0.25, 0.3) is 11.8 Å². The lowest BCUT2D eigenvalue weighted by atomic mass is 10.1. The number of carbonyl (C=O) groups is 2. The minimum absolute atomic E-state index is 0.0587. The standard InChI is InChI=1S/C24H24ClN3O4S/c1-16-22(33-21(26-16)15-32-19-8-6-18(25)7-9-19)24(30)28-12-10-27(11-13-28)23(29)17-4-3-5-20(14-17)31-2/h3-9,14H,10-13,15H2,1-2H3. The number of piperazine rings is 1. The second-order valence-electron chi connectivity index (χ2n) is 7.58. The molecular formula is C24H24ClN3O4S. The molecule has 1 aliphatic heterocycles. The molecule has 0 N–H and O–H groups in total. The van der Waals surface area contributed by atoms with E-state index in [-0.39, 0.29) is 18.4 Å². The van der Waals surface area contributed by atoms with Crippen LogP contribution in [0.5, 0.6) is 11.5 Å². The maximum atomic E-state index is 13.1. The highest BCUT2D eigenvalue weighted by Crippen LogP contribution is 2.24. The fourth-order valence-electron chi connectivity index (χ4n) is 3.58. The van der Waals surface area contributed by atoms with Crippen LogP contribution in [-0.4, -0.2) is 59.9 Å². The molecule has 1 aliphatic rings. The number of methoxy groups -OCH3 is 1. The van der Waals surface area contributed by atoms with E-state index in [1.165, 1.54) is 11.3 Å². The van der Waals surface area contributed by atoms with Gasteiger partial charge in [0.2, 0.25) is 0 Å². The lowest BCUT2D eigenvalue weighted by molar-refractivity contribution is 0.0537. The molecule has 2 aromatic carbocycles. The second-order valence-corrected chi connectivity index (χ2v) is 9.10. The Labute approximate surface area is 201 Å². The normalized spacial score (nSPS) is 13.7. The molecule has 0 saturated carbocycles. The van der Waals surface area contributed by atoms with E-state index in [0.29, 0.717) is 58.8 Å². The Kier molecular flexibility index (Phi) is 7.15. The molecule has 172 valence electrons. The monoisotopic (exact) mass is 485 g/mol. The minimum atomic E-state index is -0.0591. The molecule has 0 bridgehead atoms. The summed E-state index contributed by atoms with van der Waals surface area (Å²) in [5.74, 6) is 1.22. The van der Waals surface area contributed by atoms with Crippen molar-refractivity contribution in [2.24, 2.45) is 0 Å². The predicted molar refractivity (Wildman–Crippen MR) is 127 cm³/mol. The van der Waals surface area contributed by atoms with E-state index in [1.54, 1.807) is 65.4 Å². The Hall–Kier alpha value is -3.10. The molecule has 9 heteroatoms. The summed E-state index contributed by atoms with van der Waals surface area (Å²) in [5, 5.41) is 1.38. The zero-order chi connectivity index (χ0) is 23.4. The fourth-order valence-corrected chi connectivity index (χ4v) is 4.66. The molecule has 0 radical (unpaired) electrons. The highest BCUT2D eigenvalue weighted by molar-refractivity contribution is 7.13. The first-order chi connectivity index (χ1) is 15.9. The summed E-state index contributed by atoms with van der Waals surface area (Å²) in [6, 6.07) is 14.2. The van der Waals surface area contributed by atoms with Gasteiger partial charge in [-0.05, 0) is 49.4 Å². The molecule has 3 aromatic rings. The lowest BCUT2D eigenvalue weighted by Crippen LogP contribution is -2.50. The predicted octanol–water partition coefficient (Wildman–Crippen LogP) is 4.29. The highest BCUT2D eigenvalue weighted by atomic mass is 35.5. The molecule has 0 unspecified atom stereocenters. The number of halogens is 1. The number of benzene rings is 2. The van der Waals surface area contributed by atoms with Crippen molar-refractivity contribution in [2.75, 3.05) is 33.3 Å². The van der Waals surface area contributed by atoms with Crippen LogP contribution < -0.4 is 9.47 Å². The van der Waals surface area contributed by atoms with Crippen LogP contribution >= 0.6 is 22.9 Å². The van der Waals surface area contributed by atoms with Gasteiger partial charge in [-0.2, -0.15) is 0 Å². The molecular weight excluding hydrogens is 462 g/mol. The van der Waals surface area contributed by atoms with Crippen molar-refractivity contribution in [2.45, 2.75) is 13.5 Å². The van der Waals surface area contributed by atoms with E-state index in [2.05, 4.69) is 4.98 Å². The number of hydrogen-bond donors (Lipinski definition) is 0. The van der Waals surface area contributed by atoms with Crippen LogP contribution in [0.3, 0.4) is 0 Å². The zero-order valence-electron chi connectivity index (χ0n) is 18.4.